The van der Waals surface area contributed by atoms with E-state index in [1.165, 1.54) is 12.8 Å². The van der Waals surface area contributed by atoms with E-state index in [1.807, 2.05) is 0 Å². The summed E-state index contributed by atoms with van der Waals surface area (Å²) in [5.74, 6) is 0.231. The topological polar surface area (TPSA) is 46.2 Å². The Morgan fingerprint density at radius 1 is 1.06 bits per heavy atom. The van der Waals surface area contributed by atoms with Crippen LogP contribution in [0.3, 0.4) is 0 Å². The predicted molar refractivity (Wildman–Crippen MR) is 74.1 cm³/mol. The highest BCUT2D eigenvalue weighted by molar-refractivity contribution is 9.09. The van der Waals surface area contributed by atoms with Gasteiger partial charge in [-0.2, -0.15) is 0 Å². The molecule has 0 aromatic carbocycles. The van der Waals surface area contributed by atoms with E-state index in [0.717, 1.165) is 18.3 Å². The molecule has 0 spiro atoms. The lowest BCUT2D eigenvalue weighted by molar-refractivity contribution is 0.554. The van der Waals surface area contributed by atoms with Crippen molar-refractivity contribution < 1.29 is 8.42 Å². The van der Waals surface area contributed by atoms with Gasteiger partial charge < -0.3 is 5.32 Å². The van der Waals surface area contributed by atoms with Crippen LogP contribution in [0.15, 0.2) is 0 Å². The lowest BCUT2D eigenvalue weighted by Gasteiger charge is -2.19. The lowest BCUT2D eigenvalue weighted by Crippen LogP contribution is -2.34. The third-order valence-corrected chi connectivity index (χ3v) is 5.64. The molecule has 16 heavy (non-hydrogen) atoms. The highest BCUT2D eigenvalue weighted by Crippen LogP contribution is 2.15. The Kier molecular flexibility index (Phi) is 7.85. The number of rotatable bonds is 8. The molecule has 0 radical (unpaired) electrons. The van der Waals surface area contributed by atoms with Gasteiger partial charge in [0.25, 0.3) is 0 Å². The summed E-state index contributed by atoms with van der Waals surface area (Å²) in [5.41, 5.74) is 0. The fourth-order valence-corrected chi connectivity index (χ4v) is 2.58. The molecule has 0 aliphatic heterocycles. The Labute approximate surface area is 108 Å². The van der Waals surface area contributed by atoms with E-state index in [1.54, 1.807) is 20.8 Å². The van der Waals surface area contributed by atoms with E-state index in [-0.39, 0.29) is 5.75 Å². The summed E-state index contributed by atoms with van der Waals surface area (Å²) < 4.78 is 22.8. The molecule has 0 fully saturated rings. The highest BCUT2D eigenvalue weighted by atomic mass is 79.9. The number of hydrogen-bond acceptors (Lipinski definition) is 3. The number of hydrogen-bond donors (Lipinski definition) is 1. The summed E-state index contributed by atoms with van der Waals surface area (Å²) in [7, 11) is -2.97. The molecule has 1 N–H and O–H groups in total. The van der Waals surface area contributed by atoms with Crippen LogP contribution in [-0.2, 0) is 9.84 Å². The Morgan fingerprint density at radius 3 is 2.19 bits per heavy atom. The van der Waals surface area contributed by atoms with Crippen LogP contribution in [-0.4, -0.2) is 37.3 Å². The molecule has 0 aliphatic carbocycles. The van der Waals surface area contributed by atoms with Gasteiger partial charge in [0.2, 0.25) is 0 Å². The van der Waals surface area contributed by atoms with Crippen LogP contribution in [0.25, 0.3) is 0 Å². The Bertz CT molecular complexity index is 270. The van der Waals surface area contributed by atoms with Crippen LogP contribution in [0.4, 0.5) is 0 Å². The summed E-state index contributed by atoms with van der Waals surface area (Å²) in [4.78, 5) is 0. The van der Waals surface area contributed by atoms with Gasteiger partial charge in [0.1, 0.15) is 0 Å². The SMILES string of the molecule is CC(C)(C)S(=O)(=O)CCNCCCCCBr. The third-order valence-electron chi connectivity index (χ3n) is 2.47. The van der Waals surface area contributed by atoms with Crippen LogP contribution in [0.2, 0.25) is 0 Å². The van der Waals surface area contributed by atoms with E-state index >= 15 is 0 Å². The van der Waals surface area contributed by atoms with Gasteiger partial charge in [-0.1, -0.05) is 22.4 Å². The molecule has 0 heterocycles. The van der Waals surface area contributed by atoms with E-state index < -0.39 is 14.6 Å². The number of nitrogens with one attached hydrogen (secondary N) is 1. The Morgan fingerprint density at radius 2 is 1.69 bits per heavy atom. The number of sulfone groups is 1. The number of halogens is 1. The molecule has 0 aromatic rings. The molecule has 0 amide bonds. The van der Waals surface area contributed by atoms with Crippen LogP contribution in [0, 0.1) is 0 Å². The normalized spacial score (nSPS) is 13.0. The minimum atomic E-state index is -2.97. The zero-order valence-corrected chi connectivity index (χ0v) is 13.0. The maximum atomic E-state index is 11.7. The maximum absolute atomic E-state index is 11.7. The molecule has 5 heteroatoms. The number of unbranched alkanes of at least 4 members (excludes halogenated alkanes) is 2. The van der Waals surface area contributed by atoms with Gasteiger partial charge in [-0.25, -0.2) is 8.42 Å². The summed E-state index contributed by atoms with van der Waals surface area (Å²) in [5, 5.41) is 4.23. The average Bonchev–Trinajstić information content (AvgIpc) is 2.14. The minimum absolute atomic E-state index is 0.231. The van der Waals surface area contributed by atoms with Crippen molar-refractivity contribution in [1.29, 1.82) is 0 Å². The first-order valence-corrected chi connectivity index (χ1v) is 8.57. The quantitative estimate of drug-likeness (QED) is 0.552. The molecular weight excluding hydrogens is 290 g/mol. The van der Waals surface area contributed by atoms with Gasteiger partial charge in [-0.3, -0.25) is 0 Å². The van der Waals surface area contributed by atoms with Crippen LogP contribution in [0.1, 0.15) is 40.0 Å². The zero-order valence-electron chi connectivity index (χ0n) is 10.6. The molecule has 0 unspecified atom stereocenters. The van der Waals surface area contributed by atoms with Crippen molar-refractivity contribution in [2.24, 2.45) is 0 Å². The van der Waals surface area contributed by atoms with Crippen molar-refractivity contribution in [3.05, 3.63) is 0 Å². The third kappa shape index (κ3) is 6.86. The van der Waals surface area contributed by atoms with Gasteiger partial charge in [0.15, 0.2) is 9.84 Å². The standard InChI is InChI=1S/C11H24BrNO2S/c1-11(2,3)16(14,15)10-9-13-8-6-4-5-7-12/h13H,4-10H2,1-3H3. The second-order valence-corrected chi connectivity index (χ2v) is 8.59. The first kappa shape index (κ1) is 16.4. The predicted octanol–water partition coefficient (Wildman–Crippen LogP) is 2.35. The van der Waals surface area contributed by atoms with Crippen LogP contribution in [0.5, 0.6) is 0 Å². The fourth-order valence-electron chi connectivity index (χ4n) is 1.16. The van der Waals surface area contributed by atoms with Crippen LogP contribution < -0.4 is 5.32 Å². The van der Waals surface area contributed by atoms with Gasteiger partial charge >= 0.3 is 0 Å². The zero-order chi connectivity index (χ0) is 12.7. The molecule has 3 nitrogen and oxygen atoms in total. The van der Waals surface area contributed by atoms with E-state index in [0.29, 0.717) is 6.54 Å². The van der Waals surface area contributed by atoms with Crippen molar-refractivity contribution in [3.63, 3.8) is 0 Å². The Balaban J connectivity index is 3.60. The van der Waals surface area contributed by atoms with E-state index in [9.17, 15) is 8.42 Å². The van der Waals surface area contributed by atoms with Gasteiger partial charge in [-0.15, -0.1) is 0 Å². The van der Waals surface area contributed by atoms with E-state index in [4.69, 9.17) is 0 Å². The van der Waals surface area contributed by atoms with E-state index in [2.05, 4.69) is 21.2 Å². The monoisotopic (exact) mass is 313 g/mol. The van der Waals surface area contributed by atoms with Gasteiger partial charge in [0.05, 0.1) is 10.5 Å². The molecule has 0 atom stereocenters. The molecular formula is C11H24BrNO2S. The first-order valence-electron chi connectivity index (χ1n) is 5.80. The molecule has 0 saturated heterocycles. The summed E-state index contributed by atoms with van der Waals surface area (Å²) >= 11 is 3.38. The number of alkyl halides is 1. The highest BCUT2D eigenvalue weighted by Gasteiger charge is 2.27. The summed E-state index contributed by atoms with van der Waals surface area (Å²) in [6.45, 7) is 6.72. The molecule has 98 valence electrons. The molecule has 0 rings (SSSR count). The van der Waals surface area contributed by atoms with Crippen molar-refractivity contribution in [3.8, 4) is 0 Å². The molecule has 0 saturated carbocycles. The second kappa shape index (κ2) is 7.67. The van der Waals surface area contributed by atoms with Crippen molar-refractivity contribution in [2.75, 3.05) is 24.2 Å². The largest absolute Gasteiger partial charge is 0.316 e. The Hall–Kier alpha value is 0.390. The second-order valence-electron chi connectivity index (χ2n) is 4.93. The summed E-state index contributed by atoms with van der Waals surface area (Å²) in [6.07, 6.45) is 3.48. The minimum Gasteiger partial charge on any atom is -0.316 e. The van der Waals surface area contributed by atoms with Gasteiger partial charge in [0, 0.05) is 11.9 Å². The molecule has 0 bridgehead atoms. The maximum Gasteiger partial charge on any atom is 0.156 e. The van der Waals surface area contributed by atoms with Crippen molar-refractivity contribution >= 4 is 25.8 Å². The summed E-state index contributed by atoms with van der Waals surface area (Å²) in [6, 6.07) is 0. The first-order chi connectivity index (χ1) is 7.31. The van der Waals surface area contributed by atoms with Gasteiger partial charge in [-0.05, 0) is 40.2 Å². The molecule has 0 aromatic heterocycles. The average molecular weight is 314 g/mol. The fraction of sp³-hybridized carbons (Fsp3) is 1.00. The van der Waals surface area contributed by atoms with Crippen LogP contribution >= 0.6 is 15.9 Å². The molecule has 0 aliphatic rings. The lowest BCUT2D eigenvalue weighted by atomic mass is 10.2. The smallest absolute Gasteiger partial charge is 0.156 e. The van der Waals surface area contributed by atoms with Crippen molar-refractivity contribution in [1.82, 2.24) is 5.32 Å². The van der Waals surface area contributed by atoms with Crippen molar-refractivity contribution in [2.45, 2.75) is 44.8 Å².